The number of hydrogen-bond donors (Lipinski definition) is 0. The minimum absolute atomic E-state index is 0.134. The van der Waals surface area contributed by atoms with E-state index in [2.05, 4.69) is 20.4 Å². The Labute approximate surface area is 105 Å². The van der Waals surface area contributed by atoms with E-state index in [1.807, 2.05) is 13.8 Å². The van der Waals surface area contributed by atoms with Gasteiger partial charge in [0.15, 0.2) is 0 Å². The fourth-order valence-electron chi connectivity index (χ4n) is 2.64. The van der Waals surface area contributed by atoms with Crippen molar-refractivity contribution in [2.24, 2.45) is 11.3 Å². The van der Waals surface area contributed by atoms with Crippen LogP contribution in [0.15, 0.2) is 23.3 Å². The first-order valence-corrected chi connectivity index (χ1v) is 6.22. The number of esters is 1. The second-order valence-corrected chi connectivity index (χ2v) is 5.80. The van der Waals surface area contributed by atoms with Crippen molar-refractivity contribution in [3.63, 3.8) is 0 Å². The van der Waals surface area contributed by atoms with Gasteiger partial charge >= 0.3 is 5.97 Å². The van der Waals surface area contributed by atoms with Crippen LogP contribution in [-0.2, 0) is 9.53 Å². The molecular formula is C15H24O2. The standard InChI is InChI=1S/C15H24O2/c1-10(2)12-8-7-11(3)13(12)9-15(4,5)14(16)17-6/h12H,1,7-9H2,2-6H3. The van der Waals surface area contributed by atoms with E-state index in [0.29, 0.717) is 5.92 Å². The van der Waals surface area contributed by atoms with Crippen molar-refractivity contribution in [3.8, 4) is 0 Å². The lowest BCUT2D eigenvalue weighted by molar-refractivity contribution is -0.150. The Morgan fingerprint density at radius 2 is 2.12 bits per heavy atom. The number of rotatable bonds is 4. The van der Waals surface area contributed by atoms with Crippen LogP contribution in [0.1, 0.15) is 47.0 Å². The van der Waals surface area contributed by atoms with E-state index in [1.165, 1.54) is 23.8 Å². The smallest absolute Gasteiger partial charge is 0.311 e. The monoisotopic (exact) mass is 236 g/mol. The topological polar surface area (TPSA) is 26.3 Å². The van der Waals surface area contributed by atoms with Crippen LogP contribution in [0, 0.1) is 11.3 Å². The van der Waals surface area contributed by atoms with Crippen LogP contribution in [0.4, 0.5) is 0 Å². The van der Waals surface area contributed by atoms with Gasteiger partial charge in [0.25, 0.3) is 0 Å². The van der Waals surface area contributed by atoms with E-state index in [1.54, 1.807) is 0 Å². The van der Waals surface area contributed by atoms with E-state index in [0.717, 1.165) is 19.3 Å². The molecule has 0 aromatic heterocycles. The Morgan fingerprint density at radius 1 is 1.53 bits per heavy atom. The molecular weight excluding hydrogens is 212 g/mol. The first-order valence-electron chi connectivity index (χ1n) is 6.22. The summed E-state index contributed by atoms with van der Waals surface area (Å²) in [5, 5.41) is 0. The maximum atomic E-state index is 11.7. The van der Waals surface area contributed by atoms with Crippen LogP contribution >= 0.6 is 0 Å². The highest BCUT2D eigenvalue weighted by atomic mass is 16.5. The summed E-state index contributed by atoms with van der Waals surface area (Å²) in [6.45, 7) is 12.2. The molecule has 2 heteroatoms. The lowest BCUT2D eigenvalue weighted by Crippen LogP contribution is -2.27. The first-order chi connectivity index (χ1) is 7.79. The molecule has 0 saturated heterocycles. The second kappa shape index (κ2) is 5.07. The quantitative estimate of drug-likeness (QED) is 0.547. The van der Waals surface area contributed by atoms with Gasteiger partial charge in [-0.1, -0.05) is 23.3 Å². The Bertz CT molecular complexity index is 361. The maximum absolute atomic E-state index is 11.7. The molecule has 1 rings (SSSR count). The van der Waals surface area contributed by atoms with Crippen LogP contribution in [0.3, 0.4) is 0 Å². The molecule has 0 radical (unpaired) electrons. The van der Waals surface area contributed by atoms with Gasteiger partial charge in [-0.25, -0.2) is 0 Å². The fraction of sp³-hybridized carbons (Fsp3) is 0.667. The lowest BCUT2D eigenvalue weighted by atomic mass is 9.80. The van der Waals surface area contributed by atoms with Gasteiger partial charge < -0.3 is 4.74 Å². The van der Waals surface area contributed by atoms with Gasteiger partial charge in [0.1, 0.15) is 0 Å². The average Bonchev–Trinajstić information content (AvgIpc) is 2.58. The van der Waals surface area contributed by atoms with Crippen molar-refractivity contribution in [1.82, 2.24) is 0 Å². The molecule has 0 amide bonds. The number of carbonyl (C=O) groups is 1. The lowest BCUT2D eigenvalue weighted by Gasteiger charge is -2.26. The van der Waals surface area contributed by atoms with E-state index in [4.69, 9.17) is 4.74 Å². The van der Waals surface area contributed by atoms with E-state index in [-0.39, 0.29) is 5.97 Å². The molecule has 17 heavy (non-hydrogen) atoms. The van der Waals surface area contributed by atoms with Gasteiger partial charge in [-0.3, -0.25) is 4.79 Å². The SMILES string of the molecule is C=C(C)C1CCC(C)=C1CC(C)(C)C(=O)OC. The normalized spacial score (nSPS) is 20.6. The van der Waals surface area contributed by atoms with Gasteiger partial charge in [-0.05, 0) is 47.0 Å². The van der Waals surface area contributed by atoms with Crippen molar-refractivity contribution in [2.45, 2.75) is 47.0 Å². The molecule has 0 aliphatic heterocycles. The summed E-state index contributed by atoms with van der Waals surface area (Å²) < 4.78 is 4.87. The second-order valence-electron chi connectivity index (χ2n) is 5.80. The molecule has 0 aromatic carbocycles. The van der Waals surface area contributed by atoms with Gasteiger partial charge in [0.2, 0.25) is 0 Å². The fourth-order valence-corrected chi connectivity index (χ4v) is 2.64. The third kappa shape index (κ3) is 2.99. The van der Waals surface area contributed by atoms with E-state index < -0.39 is 5.41 Å². The number of carbonyl (C=O) groups excluding carboxylic acids is 1. The molecule has 96 valence electrons. The third-order valence-electron chi connectivity index (χ3n) is 3.74. The highest BCUT2D eigenvalue weighted by molar-refractivity contribution is 5.76. The number of allylic oxidation sites excluding steroid dienone is 3. The van der Waals surface area contributed by atoms with Crippen LogP contribution in [0.5, 0.6) is 0 Å². The summed E-state index contributed by atoms with van der Waals surface area (Å²) in [6, 6.07) is 0. The molecule has 2 nitrogen and oxygen atoms in total. The van der Waals surface area contributed by atoms with Crippen LogP contribution < -0.4 is 0 Å². The summed E-state index contributed by atoms with van der Waals surface area (Å²) >= 11 is 0. The number of ether oxygens (including phenoxy) is 1. The van der Waals surface area contributed by atoms with Gasteiger partial charge in [-0.2, -0.15) is 0 Å². The highest BCUT2D eigenvalue weighted by Crippen LogP contribution is 2.42. The number of hydrogen-bond acceptors (Lipinski definition) is 2. The van der Waals surface area contributed by atoms with E-state index >= 15 is 0 Å². The Kier molecular flexibility index (Phi) is 4.18. The summed E-state index contributed by atoms with van der Waals surface area (Å²) in [6.07, 6.45) is 3.06. The molecule has 0 fully saturated rings. The Hall–Kier alpha value is -1.05. The van der Waals surface area contributed by atoms with Gasteiger partial charge in [0, 0.05) is 5.92 Å². The van der Waals surface area contributed by atoms with Crippen molar-refractivity contribution < 1.29 is 9.53 Å². The zero-order chi connectivity index (χ0) is 13.2. The summed E-state index contributed by atoms with van der Waals surface area (Å²) in [5.74, 6) is 0.323. The predicted molar refractivity (Wildman–Crippen MR) is 70.7 cm³/mol. The zero-order valence-corrected chi connectivity index (χ0v) is 11.7. The Balaban J connectivity index is 2.89. The van der Waals surface area contributed by atoms with E-state index in [9.17, 15) is 4.79 Å². The highest BCUT2D eigenvalue weighted by Gasteiger charge is 2.34. The average molecular weight is 236 g/mol. The van der Waals surface area contributed by atoms with Crippen LogP contribution in [-0.4, -0.2) is 13.1 Å². The Morgan fingerprint density at radius 3 is 2.59 bits per heavy atom. The number of methoxy groups -OCH3 is 1. The van der Waals surface area contributed by atoms with Crippen molar-refractivity contribution >= 4 is 5.97 Å². The minimum Gasteiger partial charge on any atom is -0.469 e. The largest absolute Gasteiger partial charge is 0.469 e. The predicted octanol–water partition coefficient (Wildman–Crippen LogP) is 3.88. The molecule has 0 bridgehead atoms. The van der Waals surface area contributed by atoms with Crippen LogP contribution in [0.25, 0.3) is 0 Å². The summed E-state index contributed by atoms with van der Waals surface area (Å²) in [5.41, 5.74) is 3.59. The first kappa shape index (κ1) is 14.0. The summed E-state index contributed by atoms with van der Waals surface area (Å²) in [7, 11) is 1.45. The van der Waals surface area contributed by atoms with Crippen molar-refractivity contribution in [3.05, 3.63) is 23.3 Å². The summed E-state index contributed by atoms with van der Waals surface area (Å²) in [4.78, 5) is 11.7. The molecule has 1 unspecified atom stereocenters. The molecule has 0 heterocycles. The molecule has 0 aromatic rings. The zero-order valence-electron chi connectivity index (χ0n) is 11.7. The van der Waals surface area contributed by atoms with Crippen molar-refractivity contribution in [2.75, 3.05) is 7.11 Å². The molecule has 0 N–H and O–H groups in total. The van der Waals surface area contributed by atoms with Crippen LogP contribution in [0.2, 0.25) is 0 Å². The maximum Gasteiger partial charge on any atom is 0.311 e. The molecule has 1 aliphatic carbocycles. The molecule has 1 atom stereocenters. The minimum atomic E-state index is -0.441. The van der Waals surface area contributed by atoms with Crippen molar-refractivity contribution in [1.29, 1.82) is 0 Å². The molecule has 1 aliphatic rings. The van der Waals surface area contributed by atoms with Gasteiger partial charge in [0.05, 0.1) is 12.5 Å². The van der Waals surface area contributed by atoms with Gasteiger partial charge in [-0.15, -0.1) is 0 Å². The third-order valence-corrected chi connectivity index (χ3v) is 3.74. The molecule has 0 saturated carbocycles. The molecule has 0 spiro atoms.